The maximum atomic E-state index is 12.9. The van der Waals surface area contributed by atoms with Crippen molar-refractivity contribution in [1.29, 1.82) is 0 Å². The maximum Gasteiger partial charge on any atom is 0.408 e. The number of carbonyl (C=O) groups is 3. The Bertz CT molecular complexity index is 962. The van der Waals surface area contributed by atoms with Gasteiger partial charge in [-0.3, -0.25) is 4.79 Å². The second kappa shape index (κ2) is 11.3. The summed E-state index contributed by atoms with van der Waals surface area (Å²) in [4.78, 5) is 43.5. The van der Waals surface area contributed by atoms with E-state index in [0.29, 0.717) is 12.0 Å². The van der Waals surface area contributed by atoms with Crippen molar-refractivity contribution < 1.29 is 19.1 Å². The van der Waals surface area contributed by atoms with Crippen LogP contribution in [0.3, 0.4) is 0 Å². The molecule has 8 heteroatoms. The molecule has 0 bridgehead atoms. The summed E-state index contributed by atoms with van der Waals surface area (Å²) in [5.74, 6) is -0.475. The molecular weight excluding hydrogens is 396 g/mol. The molecule has 2 aromatic carbocycles. The highest BCUT2D eigenvalue weighted by atomic mass is 16.5. The van der Waals surface area contributed by atoms with Crippen LogP contribution in [0.4, 0.5) is 4.79 Å². The second-order valence-electron chi connectivity index (χ2n) is 6.98. The monoisotopic (exact) mass is 420 g/mol. The first-order chi connectivity index (χ1) is 15.1. The number of aromatic amines is 1. The molecule has 0 unspecified atom stereocenters. The lowest BCUT2D eigenvalue weighted by Crippen LogP contribution is -2.51. The van der Waals surface area contributed by atoms with E-state index in [1.165, 1.54) is 6.33 Å². The first kappa shape index (κ1) is 21.8. The Morgan fingerprint density at radius 2 is 1.65 bits per heavy atom. The number of nitrogens with one attached hydrogen (secondary N) is 3. The van der Waals surface area contributed by atoms with Gasteiger partial charge < -0.3 is 25.1 Å². The highest BCUT2D eigenvalue weighted by Crippen LogP contribution is 2.06. The number of H-pyrrole nitrogens is 1. The minimum Gasteiger partial charge on any atom is -0.445 e. The van der Waals surface area contributed by atoms with Gasteiger partial charge in [-0.1, -0.05) is 60.7 Å². The molecule has 3 N–H and O–H groups in total. The van der Waals surface area contributed by atoms with Gasteiger partial charge in [0.05, 0.1) is 12.4 Å². The molecule has 0 aliphatic rings. The molecule has 3 aromatic rings. The summed E-state index contributed by atoms with van der Waals surface area (Å²) in [5.41, 5.74) is 2.41. The van der Waals surface area contributed by atoms with Gasteiger partial charge in [0, 0.05) is 24.7 Å². The lowest BCUT2D eigenvalue weighted by molar-refractivity contribution is -0.125. The summed E-state index contributed by atoms with van der Waals surface area (Å²) in [6.45, 7) is 0.0864. The zero-order valence-corrected chi connectivity index (χ0v) is 16.9. The molecule has 1 heterocycles. The van der Waals surface area contributed by atoms with E-state index in [9.17, 15) is 14.4 Å². The lowest BCUT2D eigenvalue weighted by atomic mass is 10.0. The first-order valence-corrected chi connectivity index (χ1v) is 9.88. The normalized spacial score (nSPS) is 12.4. The molecule has 8 nitrogen and oxygen atoms in total. The summed E-state index contributed by atoms with van der Waals surface area (Å²) in [6, 6.07) is 16.9. The van der Waals surface area contributed by atoms with Crippen LogP contribution in [-0.2, 0) is 33.8 Å². The number of alkyl carbamates (subject to hydrolysis) is 1. The third kappa shape index (κ3) is 7.11. The summed E-state index contributed by atoms with van der Waals surface area (Å²) in [5, 5.41) is 5.29. The summed E-state index contributed by atoms with van der Waals surface area (Å²) in [6.07, 6.45) is 3.56. The van der Waals surface area contributed by atoms with E-state index in [1.54, 1.807) is 6.20 Å². The third-order valence-corrected chi connectivity index (χ3v) is 4.59. The standard InChI is InChI=1S/C23H24N4O4/c28-14-20(12-19-13-24-16-25-19)26-22(29)21(11-17-7-3-1-4-8-17)27-23(30)31-15-18-9-5-2-6-10-18/h1-10,13-14,16,20-21H,11-12,15H2,(H,24,25)(H,26,29)(H,27,30)/t20-,21-/m0/s1. The second-order valence-corrected chi connectivity index (χ2v) is 6.98. The molecule has 0 aliphatic carbocycles. The molecule has 2 atom stereocenters. The minimum atomic E-state index is -0.908. The van der Waals surface area contributed by atoms with Crippen molar-refractivity contribution in [1.82, 2.24) is 20.6 Å². The van der Waals surface area contributed by atoms with E-state index in [0.717, 1.165) is 11.1 Å². The number of imidazole rings is 1. The molecule has 0 saturated carbocycles. The minimum absolute atomic E-state index is 0.0864. The van der Waals surface area contributed by atoms with E-state index < -0.39 is 24.1 Å². The van der Waals surface area contributed by atoms with Gasteiger partial charge in [0.1, 0.15) is 18.9 Å². The number of benzene rings is 2. The van der Waals surface area contributed by atoms with Crippen LogP contribution in [0, 0.1) is 0 Å². The Labute approximate surface area is 180 Å². The van der Waals surface area contributed by atoms with Crippen LogP contribution in [-0.4, -0.2) is 40.3 Å². The topological polar surface area (TPSA) is 113 Å². The van der Waals surface area contributed by atoms with Gasteiger partial charge in [-0.25, -0.2) is 9.78 Å². The quantitative estimate of drug-likeness (QED) is 0.435. The molecule has 1 aromatic heterocycles. The van der Waals surface area contributed by atoms with Crippen molar-refractivity contribution in [3.05, 3.63) is 90.0 Å². The number of aromatic nitrogens is 2. The van der Waals surface area contributed by atoms with Gasteiger partial charge >= 0.3 is 6.09 Å². The van der Waals surface area contributed by atoms with Crippen LogP contribution in [0.1, 0.15) is 16.8 Å². The van der Waals surface area contributed by atoms with Crippen LogP contribution < -0.4 is 10.6 Å². The highest BCUT2D eigenvalue weighted by Gasteiger charge is 2.24. The van der Waals surface area contributed by atoms with Gasteiger partial charge in [0.15, 0.2) is 0 Å². The van der Waals surface area contributed by atoms with E-state index >= 15 is 0 Å². The zero-order chi connectivity index (χ0) is 21.9. The van der Waals surface area contributed by atoms with E-state index in [2.05, 4.69) is 20.6 Å². The number of nitrogens with zero attached hydrogens (tertiary/aromatic N) is 1. The Kier molecular flexibility index (Phi) is 7.93. The zero-order valence-electron chi connectivity index (χ0n) is 16.9. The fourth-order valence-electron chi connectivity index (χ4n) is 3.02. The molecular formula is C23H24N4O4. The molecule has 160 valence electrons. The first-order valence-electron chi connectivity index (χ1n) is 9.88. The van der Waals surface area contributed by atoms with Gasteiger partial charge in [0.25, 0.3) is 0 Å². The molecule has 0 radical (unpaired) electrons. The molecule has 0 spiro atoms. The molecule has 2 amide bonds. The van der Waals surface area contributed by atoms with Crippen LogP contribution in [0.5, 0.6) is 0 Å². The molecule has 3 rings (SSSR count). The van der Waals surface area contributed by atoms with Crippen molar-refractivity contribution in [2.45, 2.75) is 31.5 Å². The van der Waals surface area contributed by atoms with Gasteiger partial charge in [0.2, 0.25) is 5.91 Å². The number of amides is 2. The number of ether oxygens (including phenoxy) is 1. The number of hydrogen-bond acceptors (Lipinski definition) is 5. The lowest BCUT2D eigenvalue weighted by Gasteiger charge is -2.21. The van der Waals surface area contributed by atoms with Crippen molar-refractivity contribution >= 4 is 18.3 Å². The van der Waals surface area contributed by atoms with Crippen LogP contribution >= 0.6 is 0 Å². The van der Waals surface area contributed by atoms with Gasteiger partial charge in [-0.2, -0.15) is 0 Å². The molecule has 0 fully saturated rings. The van der Waals surface area contributed by atoms with Crippen LogP contribution in [0.25, 0.3) is 0 Å². The average Bonchev–Trinajstić information content (AvgIpc) is 3.31. The van der Waals surface area contributed by atoms with Gasteiger partial charge in [-0.05, 0) is 11.1 Å². The van der Waals surface area contributed by atoms with Crippen molar-refractivity contribution in [3.8, 4) is 0 Å². The van der Waals surface area contributed by atoms with E-state index in [-0.39, 0.29) is 19.4 Å². The fourth-order valence-corrected chi connectivity index (χ4v) is 3.02. The number of aldehydes is 1. The average molecular weight is 420 g/mol. The van der Waals surface area contributed by atoms with Crippen molar-refractivity contribution in [2.75, 3.05) is 0 Å². The van der Waals surface area contributed by atoms with Crippen LogP contribution in [0.2, 0.25) is 0 Å². The summed E-state index contributed by atoms with van der Waals surface area (Å²) >= 11 is 0. The van der Waals surface area contributed by atoms with E-state index in [4.69, 9.17) is 4.74 Å². The Balaban J connectivity index is 1.63. The summed E-state index contributed by atoms with van der Waals surface area (Å²) in [7, 11) is 0. The fraction of sp³-hybridized carbons (Fsp3) is 0.217. The predicted molar refractivity (Wildman–Crippen MR) is 114 cm³/mol. The number of hydrogen-bond donors (Lipinski definition) is 3. The summed E-state index contributed by atoms with van der Waals surface area (Å²) < 4.78 is 5.25. The predicted octanol–water partition coefficient (Wildman–Crippen LogP) is 2.17. The largest absolute Gasteiger partial charge is 0.445 e. The van der Waals surface area contributed by atoms with Crippen LogP contribution in [0.15, 0.2) is 73.2 Å². The van der Waals surface area contributed by atoms with Gasteiger partial charge in [-0.15, -0.1) is 0 Å². The van der Waals surface area contributed by atoms with Crippen molar-refractivity contribution in [2.24, 2.45) is 0 Å². The smallest absolute Gasteiger partial charge is 0.408 e. The number of carbonyl (C=O) groups excluding carboxylic acids is 3. The van der Waals surface area contributed by atoms with Crippen molar-refractivity contribution in [3.63, 3.8) is 0 Å². The molecule has 0 saturated heterocycles. The Hall–Kier alpha value is -3.94. The Morgan fingerprint density at radius 1 is 0.968 bits per heavy atom. The number of rotatable bonds is 10. The molecule has 31 heavy (non-hydrogen) atoms. The van der Waals surface area contributed by atoms with E-state index in [1.807, 2.05) is 60.7 Å². The SMILES string of the molecule is O=C[C@H](Cc1cnc[nH]1)NC(=O)[C@H](Cc1ccccc1)NC(=O)OCc1ccccc1. The highest BCUT2D eigenvalue weighted by molar-refractivity contribution is 5.87. The molecule has 0 aliphatic heterocycles. The third-order valence-electron chi connectivity index (χ3n) is 4.59. The maximum absolute atomic E-state index is 12.9. The Morgan fingerprint density at radius 3 is 2.26 bits per heavy atom.